The van der Waals surface area contributed by atoms with Crippen LogP contribution in [0.1, 0.15) is 126 Å². The van der Waals surface area contributed by atoms with E-state index in [4.69, 9.17) is 4.43 Å². The second-order valence-corrected chi connectivity index (χ2v) is 15.3. The molecule has 1 aliphatic carbocycles. The highest BCUT2D eigenvalue weighted by Gasteiger charge is 2.59. The van der Waals surface area contributed by atoms with E-state index in [9.17, 15) is 0 Å². The van der Waals surface area contributed by atoms with Crippen molar-refractivity contribution in [2.24, 2.45) is 22.2 Å². The molecule has 1 heterocycles. The van der Waals surface area contributed by atoms with Crippen molar-refractivity contribution < 1.29 is 4.43 Å². The Morgan fingerprint density at radius 3 is 1.82 bits per heavy atom. The van der Waals surface area contributed by atoms with Gasteiger partial charge in [-0.15, -0.1) is 0 Å². The van der Waals surface area contributed by atoms with Crippen LogP contribution in [-0.2, 0) is 4.43 Å². The summed E-state index contributed by atoms with van der Waals surface area (Å²) in [5.41, 5.74) is 0.868. The standard InChI is InChI=1S/C26H52OSi/c1-22-18-14-12-10-9-11-13-15-19-26(8,28-21-17-16-20-27-28)25(6,7)24(4,5)23(22,2)3/h22,28H,9-21H2,1-8H3. The topological polar surface area (TPSA) is 9.23 Å². The van der Waals surface area contributed by atoms with E-state index in [1.807, 2.05) is 0 Å². The van der Waals surface area contributed by atoms with Crippen LogP contribution in [-0.4, -0.2) is 15.6 Å². The van der Waals surface area contributed by atoms with Crippen molar-refractivity contribution in [3.05, 3.63) is 0 Å². The third-order valence-corrected chi connectivity index (χ3v) is 14.6. The number of hydrogen-bond donors (Lipinski definition) is 0. The predicted octanol–water partition coefficient (Wildman–Crippen LogP) is 8.52. The lowest BCUT2D eigenvalue weighted by Crippen LogP contribution is -2.57. The molecule has 2 rings (SSSR count). The third-order valence-electron chi connectivity index (χ3n) is 10.6. The Balaban J connectivity index is 2.42. The molecular weight excluding hydrogens is 356 g/mol. The van der Waals surface area contributed by atoms with Crippen LogP contribution in [0.3, 0.4) is 0 Å². The van der Waals surface area contributed by atoms with Gasteiger partial charge >= 0.3 is 0 Å². The average molecular weight is 409 g/mol. The van der Waals surface area contributed by atoms with Crippen molar-refractivity contribution in [1.82, 2.24) is 0 Å². The summed E-state index contributed by atoms with van der Waals surface area (Å²) >= 11 is 0. The Morgan fingerprint density at radius 1 is 0.679 bits per heavy atom. The highest BCUT2D eigenvalue weighted by atomic mass is 28.3. The van der Waals surface area contributed by atoms with Gasteiger partial charge in [0.15, 0.2) is 9.04 Å². The maximum atomic E-state index is 6.65. The average Bonchev–Trinajstić information content (AvgIpc) is 2.65. The first-order valence-corrected chi connectivity index (χ1v) is 14.5. The van der Waals surface area contributed by atoms with Gasteiger partial charge in [0, 0.05) is 6.61 Å². The van der Waals surface area contributed by atoms with Gasteiger partial charge in [-0.3, -0.25) is 0 Å². The van der Waals surface area contributed by atoms with Crippen LogP contribution in [0.2, 0.25) is 11.1 Å². The van der Waals surface area contributed by atoms with Crippen molar-refractivity contribution in [2.75, 3.05) is 6.61 Å². The molecule has 166 valence electrons. The van der Waals surface area contributed by atoms with E-state index in [0.717, 1.165) is 12.5 Å². The molecule has 0 aromatic heterocycles. The Hall–Kier alpha value is 0.177. The number of hydrogen-bond acceptors (Lipinski definition) is 1. The van der Waals surface area contributed by atoms with Crippen molar-refractivity contribution in [3.63, 3.8) is 0 Å². The zero-order chi connectivity index (χ0) is 21.1. The quantitative estimate of drug-likeness (QED) is 0.395. The monoisotopic (exact) mass is 408 g/mol. The van der Waals surface area contributed by atoms with Gasteiger partial charge in [-0.1, -0.05) is 113 Å². The van der Waals surface area contributed by atoms with Gasteiger partial charge in [0.05, 0.1) is 0 Å². The summed E-state index contributed by atoms with van der Waals surface area (Å²) < 4.78 is 6.65. The molecule has 0 radical (unpaired) electrons. The minimum absolute atomic E-state index is 0.270. The van der Waals surface area contributed by atoms with E-state index in [2.05, 4.69) is 55.4 Å². The SMILES string of the molecule is CC1CCCCCCCCCC(C)([SiH]2CCCCO2)C(C)(C)C(C)(C)C1(C)C. The van der Waals surface area contributed by atoms with Gasteiger partial charge in [0.25, 0.3) is 0 Å². The predicted molar refractivity (Wildman–Crippen MR) is 128 cm³/mol. The van der Waals surface area contributed by atoms with E-state index >= 15 is 0 Å². The maximum absolute atomic E-state index is 6.65. The van der Waals surface area contributed by atoms with Crippen LogP contribution >= 0.6 is 0 Å². The van der Waals surface area contributed by atoms with E-state index in [0.29, 0.717) is 10.5 Å². The lowest BCUT2D eigenvalue weighted by Gasteiger charge is -2.63. The molecule has 0 amide bonds. The molecule has 0 N–H and O–H groups in total. The maximum Gasteiger partial charge on any atom is 0.183 e. The van der Waals surface area contributed by atoms with Gasteiger partial charge in [0.1, 0.15) is 0 Å². The van der Waals surface area contributed by atoms with E-state index < -0.39 is 9.04 Å². The van der Waals surface area contributed by atoms with Gasteiger partial charge in [-0.2, -0.15) is 0 Å². The van der Waals surface area contributed by atoms with Crippen LogP contribution in [0, 0.1) is 22.2 Å². The van der Waals surface area contributed by atoms with Gasteiger partial charge < -0.3 is 4.43 Å². The fourth-order valence-corrected chi connectivity index (χ4v) is 10.4. The molecule has 0 bridgehead atoms. The summed E-state index contributed by atoms with van der Waals surface area (Å²) in [7, 11) is -1.24. The van der Waals surface area contributed by atoms with E-state index in [1.165, 1.54) is 76.7 Å². The van der Waals surface area contributed by atoms with Crippen molar-refractivity contribution >= 4 is 9.04 Å². The highest BCUT2D eigenvalue weighted by molar-refractivity contribution is 6.56. The summed E-state index contributed by atoms with van der Waals surface area (Å²) in [6, 6.07) is 1.39. The third kappa shape index (κ3) is 4.58. The van der Waals surface area contributed by atoms with E-state index in [1.54, 1.807) is 0 Å². The Bertz CT molecular complexity index is 472. The van der Waals surface area contributed by atoms with Crippen LogP contribution in [0.5, 0.6) is 0 Å². The van der Waals surface area contributed by atoms with Crippen LogP contribution in [0.4, 0.5) is 0 Å². The summed E-state index contributed by atoms with van der Waals surface area (Å²) in [6.45, 7) is 21.8. The zero-order valence-corrected chi connectivity index (χ0v) is 21.9. The molecule has 1 saturated carbocycles. The Morgan fingerprint density at radius 2 is 1.25 bits per heavy atom. The van der Waals surface area contributed by atoms with Crippen LogP contribution in [0.15, 0.2) is 0 Å². The van der Waals surface area contributed by atoms with Crippen LogP contribution in [0.25, 0.3) is 0 Å². The van der Waals surface area contributed by atoms with Crippen LogP contribution < -0.4 is 0 Å². The molecule has 28 heavy (non-hydrogen) atoms. The Labute approximate surface area is 179 Å². The molecule has 1 aliphatic heterocycles. The van der Waals surface area contributed by atoms with Gasteiger partial charge in [-0.05, 0) is 46.1 Å². The molecule has 0 aromatic rings. The molecule has 2 aliphatic rings. The minimum Gasteiger partial charge on any atom is -0.419 e. The van der Waals surface area contributed by atoms with E-state index in [-0.39, 0.29) is 10.8 Å². The fourth-order valence-electron chi connectivity index (χ4n) is 6.44. The fraction of sp³-hybridized carbons (Fsp3) is 1.00. The molecule has 2 heteroatoms. The largest absolute Gasteiger partial charge is 0.419 e. The summed E-state index contributed by atoms with van der Waals surface area (Å²) in [6.07, 6.45) is 15.5. The molecule has 3 unspecified atom stereocenters. The van der Waals surface area contributed by atoms with Gasteiger partial charge in [-0.25, -0.2) is 0 Å². The molecule has 0 spiro atoms. The molecule has 3 atom stereocenters. The first kappa shape index (κ1) is 24.4. The molecule has 2 fully saturated rings. The smallest absolute Gasteiger partial charge is 0.183 e. The summed E-state index contributed by atoms with van der Waals surface area (Å²) in [5.74, 6) is 0.767. The summed E-state index contributed by atoms with van der Waals surface area (Å²) in [4.78, 5) is 0. The first-order valence-electron chi connectivity index (χ1n) is 12.6. The second kappa shape index (κ2) is 9.54. The van der Waals surface area contributed by atoms with Crippen molar-refractivity contribution in [2.45, 2.75) is 137 Å². The first-order chi connectivity index (χ1) is 13.0. The highest BCUT2D eigenvalue weighted by Crippen LogP contribution is 2.67. The van der Waals surface area contributed by atoms with Gasteiger partial charge in [0.2, 0.25) is 0 Å². The van der Waals surface area contributed by atoms with Crippen molar-refractivity contribution in [3.8, 4) is 0 Å². The molecule has 0 aromatic carbocycles. The Kier molecular flexibility index (Phi) is 8.33. The second-order valence-electron chi connectivity index (χ2n) is 12.2. The number of rotatable bonds is 1. The lowest BCUT2D eigenvalue weighted by atomic mass is 9.47. The lowest BCUT2D eigenvalue weighted by molar-refractivity contribution is -0.0843. The summed E-state index contributed by atoms with van der Waals surface area (Å²) in [5, 5.41) is 0.373. The molecule has 1 nitrogen and oxygen atoms in total. The normalized spacial score (nSPS) is 37.7. The molecular formula is C26H52OSi. The zero-order valence-electron chi connectivity index (χ0n) is 20.8. The molecule has 1 saturated heterocycles. The van der Waals surface area contributed by atoms with Crippen molar-refractivity contribution in [1.29, 1.82) is 0 Å². The minimum atomic E-state index is -1.24.